The van der Waals surface area contributed by atoms with Crippen LogP contribution < -0.4 is 16.1 Å². The molecule has 4 rings (SSSR count). The molecule has 12 heteroatoms. The molecule has 1 aliphatic rings. The number of ether oxygens (including phenoxy) is 1. The number of aromatic nitrogens is 2. The molecular weight excluding hydrogens is 509 g/mol. The van der Waals surface area contributed by atoms with E-state index in [2.05, 4.69) is 20.9 Å². The average molecular weight is 527 g/mol. The predicted molar refractivity (Wildman–Crippen MR) is 118 cm³/mol. The number of nitrogens with zero attached hydrogens (tertiary/aromatic N) is 3. The van der Waals surface area contributed by atoms with Crippen LogP contribution >= 0.6 is 15.9 Å². The molecular formula is C21H18BrF3N4O4. The number of fused-ring (bicyclic) bond motifs is 1. The first-order valence-electron chi connectivity index (χ1n) is 9.85. The molecule has 3 N–H and O–H groups in total. The van der Waals surface area contributed by atoms with Crippen LogP contribution in [-0.2, 0) is 4.74 Å². The van der Waals surface area contributed by atoms with Crippen LogP contribution in [0.2, 0.25) is 0 Å². The van der Waals surface area contributed by atoms with Crippen molar-refractivity contribution >= 4 is 44.3 Å². The number of anilines is 2. The molecule has 0 radical (unpaired) electrons. The zero-order valence-electron chi connectivity index (χ0n) is 17.5. The summed E-state index contributed by atoms with van der Waals surface area (Å²) in [4.78, 5) is 31.0. The minimum Gasteiger partial charge on any atom is -0.462 e. The van der Waals surface area contributed by atoms with Gasteiger partial charge in [-0.05, 0) is 29.8 Å². The Morgan fingerprint density at radius 3 is 2.61 bits per heavy atom. The molecule has 0 amide bonds. The van der Waals surface area contributed by atoms with Gasteiger partial charge in [0.15, 0.2) is 29.1 Å². The minimum atomic E-state index is -1.13. The van der Waals surface area contributed by atoms with Gasteiger partial charge in [-0.25, -0.2) is 22.9 Å². The van der Waals surface area contributed by atoms with Gasteiger partial charge in [-0.1, -0.05) is 0 Å². The van der Waals surface area contributed by atoms with Crippen LogP contribution in [0, 0.1) is 24.4 Å². The molecule has 3 aromatic rings. The number of nitrogen functional groups attached to an aromatic ring is 1. The summed E-state index contributed by atoms with van der Waals surface area (Å²) in [5.41, 5.74) is 4.13. The Bertz CT molecular complexity index is 1370. The molecule has 33 heavy (non-hydrogen) atoms. The summed E-state index contributed by atoms with van der Waals surface area (Å²) in [5, 5.41) is 9.44. The molecule has 1 aromatic carbocycles. The molecule has 0 aliphatic carbocycles. The Labute approximate surface area is 193 Å². The summed E-state index contributed by atoms with van der Waals surface area (Å²) in [6.45, 7) is 3.12. The van der Waals surface area contributed by atoms with E-state index in [4.69, 9.17) is 10.5 Å². The lowest BCUT2D eigenvalue weighted by atomic mass is 10.0. The number of hydrogen-bond donors (Lipinski definition) is 2. The molecule has 0 spiro atoms. The maximum Gasteiger partial charge on any atom is 0.343 e. The van der Waals surface area contributed by atoms with Gasteiger partial charge in [0.25, 0.3) is 0 Å². The third-order valence-corrected chi connectivity index (χ3v) is 6.13. The summed E-state index contributed by atoms with van der Waals surface area (Å²) in [6, 6.07) is 0.516. The van der Waals surface area contributed by atoms with Gasteiger partial charge in [0.2, 0.25) is 5.43 Å². The van der Waals surface area contributed by atoms with Crippen molar-refractivity contribution in [3.05, 3.63) is 55.5 Å². The average Bonchev–Trinajstić information content (AvgIpc) is 2.73. The molecule has 1 fully saturated rings. The number of benzene rings is 1. The highest BCUT2D eigenvalue weighted by atomic mass is 79.9. The van der Waals surface area contributed by atoms with E-state index in [9.17, 15) is 23.5 Å². The molecule has 0 atom stereocenters. The zero-order chi connectivity index (χ0) is 24.2. The molecule has 1 aliphatic heterocycles. The Kier molecular flexibility index (Phi) is 5.83. The van der Waals surface area contributed by atoms with Gasteiger partial charge in [-0.2, -0.15) is 0 Å². The highest BCUT2D eigenvalue weighted by Crippen LogP contribution is 2.41. The van der Waals surface area contributed by atoms with Crippen LogP contribution in [0.15, 0.2) is 21.5 Å². The third kappa shape index (κ3) is 3.62. The Morgan fingerprint density at radius 2 is 2.00 bits per heavy atom. The van der Waals surface area contributed by atoms with Gasteiger partial charge in [0.1, 0.15) is 5.56 Å². The summed E-state index contributed by atoms with van der Waals surface area (Å²) < 4.78 is 50.0. The van der Waals surface area contributed by atoms with Crippen molar-refractivity contribution in [3.8, 4) is 5.82 Å². The van der Waals surface area contributed by atoms with Crippen LogP contribution in [-0.4, -0.2) is 46.4 Å². The molecule has 8 nitrogen and oxygen atoms in total. The monoisotopic (exact) mass is 526 g/mol. The van der Waals surface area contributed by atoms with Crippen molar-refractivity contribution < 1.29 is 27.8 Å². The normalized spacial score (nSPS) is 14.0. The van der Waals surface area contributed by atoms with Crippen LogP contribution in [0.25, 0.3) is 16.7 Å². The largest absolute Gasteiger partial charge is 0.462 e. The number of hydrogen-bond acceptors (Lipinski definition) is 7. The highest BCUT2D eigenvalue weighted by Gasteiger charge is 2.33. The number of esters is 1. The zero-order valence-corrected chi connectivity index (χ0v) is 19.0. The lowest BCUT2D eigenvalue weighted by Gasteiger charge is -2.39. The molecule has 0 bridgehead atoms. The lowest BCUT2D eigenvalue weighted by Crippen LogP contribution is -2.51. The molecule has 1 saturated heterocycles. The van der Waals surface area contributed by atoms with Crippen molar-refractivity contribution in [2.75, 3.05) is 30.3 Å². The first kappa shape index (κ1) is 23.1. The number of halogens is 4. The number of carbonyl (C=O) groups excluding carboxylic acids is 1. The number of β-amino-alcohol motifs (C(OH)–C–C–N with tert-alkyl or cyclic N) is 1. The Hall–Kier alpha value is -3.12. The van der Waals surface area contributed by atoms with Crippen molar-refractivity contribution in [2.45, 2.75) is 20.0 Å². The Balaban J connectivity index is 2.17. The SMILES string of the molecule is CCOC(=O)c1cn(-c2nc(N)c(F)cc2F)c2c(Br)c(N3CC(O)C3)c(F)c(C)c2c1=O. The van der Waals surface area contributed by atoms with Crippen molar-refractivity contribution in [1.29, 1.82) is 0 Å². The second-order valence-electron chi connectivity index (χ2n) is 7.51. The maximum atomic E-state index is 15.4. The molecule has 174 valence electrons. The smallest absolute Gasteiger partial charge is 0.343 e. The number of rotatable bonds is 4. The van der Waals surface area contributed by atoms with E-state index < -0.39 is 52.2 Å². The van der Waals surface area contributed by atoms with Crippen LogP contribution in [0.5, 0.6) is 0 Å². The van der Waals surface area contributed by atoms with Crippen LogP contribution in [0.1, 0.15) is 22.8 Å². The van der Waals surface area contributed by atoms with Gasteiger partial charge in [-0.15, -0.1) is 0 Å². The van der Waals surface area contributed by atoms with Gasteiger partial charge < -0.3 is 20.5 Å². The number of aliphatic hydroxyl groups excluding tert-OH is 1. The summed E-state index contributed by atoms with van der Waals surface area (Å²) in [6.07, 6.45) is 0.346. The fraction of sp³-hybridized carbons (Fsp3) is 0.286. The second kappa shape index (κ2) is 8.34. The molecule has 3 heterocycles. The first-order valence-corrected chi connectivity index (χ1v) is 10.6. The van der Waals surface area contributed by atoms with Crippen molar-refractivity contribution in [1.82, 2.24) is 9.55 Å². The quantitative estimate of drug-likeness (QED) is 0.503. The number of carbonyl (C=O) groups is 1. The number of pyridine rings is 2. The number of aliphatic hydroxyl groups is 1. The van der Waals surface area contributed by atoms with E-state index in [1.807, 2.05) is 0 Å². The predicted octanol–water partition coefficient (Wildman–Crippen LogP) is 2.81. The topological polar surface area (TPSA) is 111 Å². The van der Waals surface area contributed by atoms with E-state index in [1.165, 1.54) is 18.7 Å². The number of nitrogens with two attached hydrogens (primary N) is 1. The lowest BCUT2D eigenvalue weighted by molar-refractivity contribution is 0.0524. The summed E-state index contributed by atoms with van der Waals surface area (Å²) in [7, 11) is 0. The summed E-state index contributed by atoms with van der Waals surface area (Å²) in [5.74, 6) is -5.10. The second-order valence-corrected chi connectivity index (χ2v) is 8.30. The van der Waals surface area contributed by atoms with E-state index in [1.54, 1.807) is 0 Å². The molecule has 0 saturated carbocycles. The van der Waals surface area contributed by atoms with E-state index >= 15 is 4.39 Å². The van der Waals surface area contributed by atoms with Crippen LogP contribution in [0.4, 0.5) is 24.7 Å². The fourth-order valence-corrected chi connectivity index (χ4v) is 4.56. The van der Waals surface area contributed by atoms with Gasteiger partial charge in [0, 0.05) is 30.9 Å². The van der Waals surface area contributed by atoms with E-state index in [0.29, 0.717) is 6.07 Å². The highest BCUT2D eigenvalue weighted by molar-refractivity contribution is 9.10. The summed E-state index contributed by atoms with van der Waals surface area (Å²) >= 11 is 3.30. The van der Waals surface area contributed by atoms with Crippen molar-refractivity contribution in [2.24, 2.45) is 0 Å². The molecule has 2 aromatic heterocycles. The van der Waals surface area contributed by atoms with E-state index in [0.717, 1.165) is 10.8 Å². The third-order valence-electron chi connectivity index (χ3n) is 5.38. The van der Waals surface area contributed by atoms with Gasteiger partial charge in [-0.3, -0.25) is 9.36 Å². The number of aryl methyl sites for hydroxylation is 1. The maximum absolute atomic E-state index is 15.4. The molecule has 0 unspecified atom stereocenters. The standard InChI is InChI=1S/C21H18BrF3N4O4/c1-3-33-21(32)10-7-29(20-12(24)4-11(23)19(26)27-20)16-13(18(10)31)8(2)15(25)17(14(16)22)28-5-9(30)6-28/h4,7,9,30H,3,5-6H2,1-2H3,(H2,26,27). The van der Waals surface area contributed by atoms with Gasteiger partial charge in [0.05, 0.1) is 33.8 Å². The van der Waals surface area contributed by atoms with Crippen molar-refractivity contribution in [3.63, 3.8) is 0 Å². The van der Waals surface area contributed by atoms with Crippen LogP contribution in [0.3, 0.4) is 0 Å². The minimum absolute atomic E-state index is 0.0132. The van der Waals surface area contributed by atoms with Gasteiger partial charge >= 0.3 is 5.97 Å². The van der Waals surface area contributed by atoms with E-state index in [-0.39, 0.29) is 46.3 Å². The first-order chi connectivity index (χ1) is 15.6. The fourth-order valence-electron chi connectivity index (χ4n) is 3.75. The Morgan fingerprint density at radius 1 is 1.33 bits per heavy atom.